The van der Waals surface area contributed by atoms with Crippen molar-refractivity contribution in [3.05, 3.63) is 53.8 Å². The van der Waals surface area contributed by atoms with Gasteiger partial charge in [-0.05, 0) is 30.9 Å². The smallest absolute Gasteiger partial charge is 0.338 e. The van der Waals surface area contributed by atoms with E-state index in [1.165, 1.54) is 6.08 Å². The summed E-state index contributed by atoms with van der Waals surface area (Å²) in [5, 5.41) is 5.37. The quantitative estimate of drug-likeness (QED) is 0.498. The molecule has 1 aromatic rings. The Balaban J connectivity index is 2.36. The number of thioether (sulfide) groups is 1. The minimum Gasteiger partial charge on any atom is -0.458 e. The normalized spacial score (nSPS) is 17.5. The van der Waals surface area contributed by atoms with Crippen LogP contribution in [0.2, 0.25) is 0 Å². The second kappa shape index (κ2) is 7.17. The van der Waals surface area contributed by atoms with E-state index in [0.29, 0.717) is 11.3 Å². The van der Waals surface area contributed by atoms with Crippen LogP contribution in [0.1, 0.15) is 18.5 Å². The summed E-state index contributed by atoms with van der Waals surface area (Å²) < 4.78 is 5.12. The second-order valence-electron chi connectivity index (χ2n) is 4.73. The van der Waals surface area contributed by atoms with E-state index in [1.807, 2.05) is 30.5 Å². The van der Waals surface area contributed by atoms with Crippen molar-refractivity contribution >= 4 is 23.8 Å². The van der Waals surface area contributed by atoms with Gasteiger partial charge in [-0.3, -0.25) is 0 Å². The lowest BCUT2D eigenvalue weighted by Crippen LogP contribution is -2.45. The van der Waals surface area contributed by atoms with Crippen LogP contribution in [0.3, 0.4) is 0 Å². The van der Waals surface area contributed by atoms with Crippen LogP contribution >= 0.6 is 11.8 Å². The molecule has 116 valence electrons. The Morgan fingerprint density at radius 1 is 1.41 bits per heavy atom. The number of esters is 1. The minimum atomic E-state index is -0.526. The van der Waals surface area contributed by atoms with Crippen molar-refractivity contribution in [2.24, 2.45) is 0 Å². The molecule has 0 bridgehead atoms. The molecule has 0 spiro atoms. The van der Waals surface area contributed by atoms with Crippen molar-refractivity contribution in [2.45, 2.75) is 17.9 Å². The number of benzene rings is 1. The van der Waals surface area contributed by atoms with E-state index < -0.39 is 12.0 Å². The molecule has 2 N–H and O–H groups in total. The van der Waals surface area contributed by atoms with E-state index in [4.69, 9.17) is 4.74 Å². The van der Waals surface area contributed by atoms with Gasteiger partial charge < -0.3 is 15.4 Å². The zero-order valence-corrected chi connectivity index (χ0v) is 13.3. The van der Waals surface area contributed by atoms with Crippen LogP contribution in [-0.2, 0) is 9.53 Å². The van der Waals surface area contributed by atoms with E-state index >= 15 is 0 Å². The number of rotatable bonds is 5. The first-order chi connectivity index (χ1) is 10.6. The molecule has 0 fully saturated rings. The number of urea groups is 1. The molecule has 2 amide bonds. The number of nitrogens with one attached hydrogen (secondary N) is 2. The Bertz CT molecular complexity index is 623. The molecular formula is C16H18N2O3S. The molecule has 0 saturated carbocycles. The largest absolute Gasteiger partial charge is 0.458 e. The van der Waals surface area contributed by atoms with Gasteiger partial charge in [0.15, 0.2) is 0 Å². The molecule has 2 rings (SSSR count). The highest BCUT2D eigenvalue weighted by Crippen LogP contribution is 2.28. The van der Waals surface area contributed by atoms with Crippen molar-refractivity contribution in [1.82, 2.24) is 10.6 Å². The monoisotopic (exact) mass is 318 g/mol. The van der Waals surface area contributed by atoms with Crippen LogP contribution in [0.4, 0.5) is 4.79 Å². The van der Waals surface area contributed by atoms with Crippen LogP contribution in [0, 0.1) is 0 Å². The predicted molar refractivity (Wildman–Crippen MR) is 86.5 cm³/mol. The molecule has 1 aromatic carbocycles. The first-order valence-corrected chi connectivity index (χ1v) is 7.99. The van der Waals surface area contributed by atoms with E-state index in [1.54, 1.807) is 18.7 Å². The molecule has 0 aliphatic carbocycles. The number of carbonyl (C=O) groups is 2. The Morgan fingerprint density at radius 3 is 2.68 bits per heavy atom. The molecule has 6 heteroatoms. The summed E-state index contributed by atoms with van der Waals surface area (Å²) in [5.74, 6) is -0.469. The van der Waals surface area contributed by atoms with Gasteiger partial charge in [-0.2, -0.15) is 0 Å². The zero-order valence-electron chi connectivity index (χ0n) is 12.5. The number of amides is 2. The average Bonchev–Trinajstić information content (AvgIpc) is 2.52. The maximum absolute atomic E-state index is 12.3. The first-order valence-electron chi connectivity index (χ1n) is 6.77. The van der Waals surface area contributed by atoms with Crippen LogP contribution in [0.25, 0.3) is 0 Å². The fourth-order valence-corrected chi connectivity index (χ4v) is 2.63. The molecule has 1 atom stereocenters. The summed E-state index contributed by atoms with van der Waals surface area (Å²) in [6.07, 6.45) is 3.49. The maximum Gasteiger partial charge on any atom is 0.338 e. The molecular weight excluding hydrogens is 300 g/mol. The molecule has 0 saturated heterocycles. The molecule has 22 heavy (non-hydrogen) atoms. The Hall–Kier alpha value is -2.21. The van der Waals surface area contributed by atoms with Gasteiger partial charge in [0.25, 0.3) is 0 Å². The highest BCUT2D eigenvalue weighted by atomic mass is 32.2. The summed E-state index contributed by atoms with van der Waals surface area (Å²) in [5.41, 5.74) is 1.73. The van der Waals surface area contributed by atoms with Gasteiger partial charge in [0.1, 0.15) is 6.61 Å². The average molecular weight is 318 g/mol. The lowest BCUT2D eigenvalue weighted by Gasteiger charge is -2.28. The fourth-order valence-electron chi connectivity index (χ4n) is 2.22. The van der Waals surface area contributed by atoms with Crippen molar-refractivity contribution < 1.29 is 14.3 Å². The van der Waals surface area contributed by atoms with Gasteiger partial charge in [0, 0.05) is 10.6 Å². The lowest BCUT2D eigenvalue weighted by atomic mass is 9.96. The third-order valence-electron chi connectivity index (χ3n) is 3.27. The molecule has 1 aliphatic heterocycles. The van der Waals surface area contributed by atoms with Crippen molar-refractivity contribution in [3.63, 3.8) is 0 Å². The molecule has 1 heterocycles. The number of carbonyl (C=O) groups excluding carboxylic acids is 2. The molecule has 5 nitrogen and oxygen atoms in total. The summed E-state index contributed by atoms with van der Waals surface area (Å²) in [4.78, 5) is 25.1. The number of allylic oxidation sites excluding steroid dienone is 1. The maximum atomic E-state index is 12.3. The number of ether oxygens (including phenoxy) is 1. The van der Waals surface area contributed by atoms with E-state index in [9.17, 15) is 9.59 Å². The first kappa shape index (κ1) is 16.2. The van der Waals surface area contributed by atoms with Gasteiger partial charge in [-0.15, -0.1) is 11.8 Å². The van der Waals surface area contributed by atoms with E-state index in [2.05, 4.69) is 17.2 Å². The van der Waals surface area contributed by atoms with Crippen LogP contribution in [0.15, 0.2) is 53.1 Å². The number of hydrogen-bond donors (Lipinski definition) is 2. The lowest BCUT2D eigenvalue weighted by molar-refractivity contribution is -0.138. The van der Waals surface area contributed by atoms with Crippen LogP contribution in [0.5, 0.6) is 0 Å². The Labute approximate surface area is 133 Å². The zero-order chi connectivity index (χ0) is 16.1. The Kier molecular flexibility index (Phi) is 5.27. The highest BCUT2D eigenvalue weighted by Gasteiger charge is 2.31. The molecule has 1 aliphatic rings. The van der Waals surface area contributed by atoms with Gasteiger partial charge in [-0.1, -0.05) is 24.8 Å². The SMILES string of the molecule is C=CCOC(=O)C1=C(C)NC(=O)N[C@H]1c1ccc(SC)cc1. The Morgan fingerprint density at radius 2 is 2.09 bits per heavy atom. The van der Waals surface area contributed by atoms with Crippen LogP contribution in [-0.4, -0.2) is 24.9 Å². The third kappa shape index (κ3) is 3.51. The topological polar surface area (TPSA) is 67.4 Å². The summed E-state index contributed by atoms with van der Waals surface area (Å²) in [6.45, 7) is 5.34. The molecule has 0 radical (unpaired) electrons. The highest BCUT2D eigenvalue weighted by molar-refractivity contribution is 7.98. The standard InChI is InChI=1S/C16H18N2O3S/c1-4-9-21-15(19)13-10(2)17-16(20)18-14(13)11-5-7-12(22-3)8-6-11/h4-8,14H,1,9H2,2-3H3,(H2,17,18,20)/t14-/m0/s1. The fraction of sp³-hybridized carbons (Fsp3) is 0.250. The van der Waals surface area contributed by atoms with E-state index in [0.717, 1.165) is 10.5 Å². The predicted octanol–water partition coefficient (Wildman–Crippen LogP) is 2.77. The number of hydrogen-bond acceptors (Lipinski definition) is 4. The van der Waals surface area contributed by atoms with Crippen LogP contribution < -0.4 is 10.6 Å². The summed E-state index contributed by atoms with van der Waals surface area (Å²) in [7, 11) is 0. The summed E-state index contributed by atoms with van der Waals surface area (Å²) in [6, 6.07) is 6.84. The molecule has 0 aromatic heterocycles. The van der Waals surface area contributed by atoms with Gasteiger partial charge in [0.2, 0.25) is 0 Å². The van der Waals surface area contributed by atoms with Crippen molar-refractivity contribution in [1.29, 1.82) is 0 Å². The van der Waals surface area contributed by atoms with Crippen molar-refractivity contribution in [2.75, 3.05) is 12.9 Å². The van der Waals surface area contributed by atoms with Gasteiger partial charge in [0.05, 0.1) is 11.6 Å². The van der Waals surface area contributed by atoms with Gasteiger partial charge >= 0.3 is 12.0 Å². The minimum absolute atomic E-state index is 0.127. The second-order valence-corrected chi connectivity index (χ2v) is 5.61. The summed E-state index contributed by atoms with van der Waals surface area (Å²) >= 11 is 1.63. The molecule has 0 unspecified atom stereocenters. The van der Waals surface area contributed by atoms with Gasteiger partial charge in [-0.25, -0.2) is 9.59 Å². The van der Waals surface area contributed by atoms with E-state index in [-0.39, 0.29) is 12.6 Å². The van der Waals surface area contributed by atoms with Crippen molar-refractivity contribution in [3.8, 4) is 0 Å². The third-order valence-corrected chi connectivity index (χ3v) is 4.01.